The van der Waals surface area contributed by atoms with Crippen molar-refractivity contribution in [2.75, 3.05) is 38.0 Å². The van der Waals surface area contributed by atoms with Crippen molar-refractivity contribution in [2.45, 2.75) is 32.1 Å². The number of hydrogen-bond donors (Lipinski definition) is 1. The van der Waals surface area contributed by atoms with Gasteiger partial charge in [-0.05, 0) is 69.0 Å². The summed E-state index contributed by atoms with van der Waals surface area (Å²) in [5.41, 5.74) is 0.855. The maximum atomic E-state index is 12.3. The Labute approximate surface area is 147 Å². The molecule has 0 saturated carbocycles. The molecule has 23 heavy (non-hydrogen) atoms. The third kappa shape index (κ3) is 4.95. The zero-order chi connectivity index (χ0) is 16.1. The molecule has 0 atom stereocenters. The van der Waals surface area contributed by atoms with Crippen molar-refractivity contribution in [3.63, 3.8) is 0 Å². The van der Waals surface area contributed by atoms with Crippen LogP contribution in [0.2, 0.25) is 0 Å². The Balaban J connectivity index is 1.42. The molecule has 1 aromatic rings. The molecule has 126 valence electrons. The second-order valence-corrected chi connectivity index (χ2v) is 7.64. The second-order valence-electron chi connectivity index (χ2n) is 6.73. The molecule has 0 bridgehead atoms. The fraction of sp³-hybridized carbons (Fsp3) is 0.611. The van der Waals surface area contributed by atoms with E-state index in [0.29, 0.717) is 0 Å². The number of piperidine rings is 2. The van der Waals surface area contributed by atoms with Crippen molar-refractivity contribution in [3.05, 3.63) is 28.7 Å². The first-order chi connectivity index (χ1) is 11.2. The monoisotopic (exact) mass is 379 g/mol. The number of benzene rings is 1. The molecule has 0 aliphatic carbocycles. The summed E-state index contributed by atoms with van der Waals surface area (Å²) in [6.07, 6.45) is 6.36. The largest absolute Gasteiger partial charge is 0.325 e. The molecule has 2 amide bonds. The van der Waals surface area contributed by atoms with E-state index in [0.717, 1.165) is 42.0 Å². The lowest BCUT2D eigenvalue weighted by atomic mass is 9.95. The number of anilines is 1. The Morgan fingerprint density at radius 2 is 1.70 bits per heavy atom. The molecular weight excluding hydrogens is 354 g/mol. The highest BCUT2D eigenvalue weighted by molar-refractivity contribution is 9.10. The van der Waals surface area contributed by atoms with Gasteiger partial charge in [-0.3, -0.25) is 0 Å². The van der Waals surface area contributed by atoms with Crippen LogP contribution in [0.5, 0.6) is 0 Å². The molecule has 2 heterocycles. The average Bonchev–Trinajstić information content (AvgIpc) is 2.58. The van der Waals surface area contributed by atoms with E-state index in [1.165, 1.54) is 38.9 Å². The Morgan fingerprint density at radius 3 is 2.35 bits per heavy atom. The van der Waals surface area contributed by atoms with Crippen LogP contribution in [0.1, 0.15) is 32.1 Å². The van der Waals surface area contributed by atoms with E-state index in [4.69, 9.17) is 0 Å². The molecule has 3 rings (SSSR count). The van der Waals surface area contributed by atoms with Gasteiger partial charge in [0.1, 0.15) is 0 Å². The van der Waals surface area contributed by atoms with Gasteiger partial charge in [-0.15, -0.1) is 0 Å². The standard InChI is InChI=1S/C18H26BrN3O/c19-16-4-6-17(7-5-16)20-18(23)22-12-8-15(9-13-22)14-21-10-2-1-3-11-21/h4-7,15H,1-3,8-14H2,(H,20,23). The quantitative estimate of drug-likeness (QED) is 0.854. The molecule has 1 aromatic carbocycles. The summed E-state index contributed by atoms with van der Waals surface area (Å²) in [5, 5.41) is 2.99. The van der Waals surface area contributed by atoms with Crippen LogP contribution in [0.25, 0.3) is 0 Å². The number of amides is 2. The fourth-order valence-corrected chi connectivity index (χ4v) is 3.83. The topological polar surface area (TPSA) is 35.6 Å². The van der Waals surface area contributed by atoms with Gasteiger partial charge in [-0.25, -0.2) is 4.79 Å². The summed E-state index contributed by atoms with van der Waals surface area (Å²) in [4.78, 5) is 16.9. The Kier molecular flexibility index (Phi) is 5.95. The highest BCUT2D eigenvalue weighted by Gasteiger charge is 2.24. The van der Waals surface area contributed by atoms with Gasteiger partial charge in [-0.2, -0.15) is 0 Å². The molecular formula is C18H26BrN3O. The lowest BCUT2D eigenvalue weighted by molar-refractivity contribution is 0.142. The van der Waals surface area contributed by atoms with Gasteiger partial charge in [0.15, 0.2) is 0 Å². The van der Waals surface area contributed by atoms with Crippen LogP contribution in [0.15, 0.2) is 28.7 Å². The molecule has 0 radical (unpaired) electrons. The molecule has 2 saturated heterocycles. The predicted octanol–water partition coefficient (Wildman–Crippen LogP) is 4.18. The molecule has 2 aliphatic rings. The van der Waals surface area contributed by atoms with Crippen molar-refractivity contribution in [1.29, 1.82) is 0 Å². The second kappa shape index (κ2) is 8.15. The number of nitrogens with one attached hydrogen (secondary N) is 1. The Bertz CT molecular complexity index is 506. The van der Waals surface area contributed by atoms with E-state index < -0.39 is 0 Å². The van der Waals surface area contributed by atoms with Gasteiger partial charge in [0.2, 0.25) is 0 Å². The minimum absolute atomic E-state index is 0.0312. The zero-order valence-electron chi connectivity index (χ0n) is 13.6. The smallest absolute Gasteiger partial charge is 0.321 e. The van der Waals surface area contributed by atoms with Gasteiger partial charge in [0, 0.05) is 29.8 Å². The van der Waals surface area contributed by atoms with Crippen molar-refractivity contribution < 1.29 is 4.79 Å². The average molecular weight is 380 g/mol. The van der Waals surface area contributed by atoms with E-state index in [1.807, 2.05) is 29.2 Å². The van der Waals surface area contributed by atoms with E-state index in [2.05, 4.69) is 26.1 Å². The van der Waals surface area contributed by atoms with Gasteiger partial charge >= 0.3 is 6.03 Å². The van der Waals surface area contributed by atoms with Crippen molar-refractivity contribution >= 4 is 27.6 Å². The van der Waals surface area contributed by atoms with Crippen LogP contribution >= 0.6 is 15.9 Å². The van der Waals surface area contributed by atoms with E-state index in [1.54, 1.807) is 0 Å². The molecule has 4 nitrogen and oxygen atoms in total. The lowest BCUT2D eigenvalue weighted by Crippen LogP contribution is -2.44. The first kappa shape index (κ1) is 16.8. The Hall–Kier alpha value is -1.07. The summed E-state index contributed by atoms with van der Waals surface area (Å²) in [6, 6.07) is 7.76. The van der Waals surface area contributed by atoms with Gasteiger partial charge in [-0.1, -0.05) is 22.4 Å². The third-order valence-electron chi connectivity index (χ3n) is 4.96. The summed E-state index contributed by atoms with van der Waals surface area (Å²) < 4.78 is 1.02. The molecule has 1 N–H and O–H groups in total. The molecule has 0 spiro atoms. The van der Waals surface area contributed by atoms with Crippen LogP contribution in [-0.2, 0) is 0 Å². The Morgan fingerprint density at radius 1 is 1.04 bits per heavy atom. The number of hydrogen-bond acceptors (Lipinski definition) is 2. The number of carbonyl (C=O) groups is 1. The highest BCUT2D eigenvalue weighted by atomic mass is 79.9. The highest BCUT2D eigenvalue weighted by Crippen LogP contribution is 2.21. The van der Waals surface area contributed by atoms with Gasteiger partial charge in [0.05, 0.1) is 0 Å². The van der Waals surface area contributed by atoms with Crippen LogP contribution in [0, 0.1) is 5.92 Å². The molecule has 0 aromatic heterocycles. The summed E-state index contributed by atoms with van der Waals surface area (Å²) in [7, 11) is 0. The van der Waals surface area contributed by atoms with Crippen molar-refractivity contribution in [2.24, 2.45) is 5.92 Å². The van der Waals surface area contributed by atoms with Gasteiger partial charge < -0.3 is 15.1 Å². The number of nitrogens with zero attached hydrogens (tertiary/aromatic N) is 2. The van der Waals surface area contributed by atoms with Gasteiger partial charge in [0.25, 0.3) is 0 Å². The molecule has 2 aliphatic heterocycles. The summed E-state index contributed by atoms with van der Waals surface area (Å²) in [6.45, 7) is 5.51. The number of carbonyl (C=O) groups excluding carboxylic acids is 1. The minimum Gasteiger partial charge on any atom is -0.325 e. The molecule has 2 fully saturated rings. The number of likely N-dealkylation sites (tertiary alicyclic amines) is 2. The fourth-order valence-electron chi connectivity index (χ4n) is 3.56. The number of rotatable bonds is 3. The lowest BCUT2D eigenvalue weighted by Gasteiger charge is -2.36. The summed E-state index contributed by atoms with van der Waals surface area (Å²) >= 11 is 3.41. The zero-order valence-corrected chi connectivity index (χ0v) is 15.2. The summed E-state index contributed by atoms with van der Waals surface area (Å²) in [5.74, 6) is 0.754. The maximum absolute atomic E-state index is 12.3. The maximum Gasteiger partial charge on any atom is 0.321 e. The third-order valence-corrected chi connectivity index (χ3v) is 5.49. The van der Waals surface area contributed by atoms with Crippen LogP contribution < -0.4 is 5.32 Å². The number of halogens is 1. The van der Waals surface area contributed by atoms with Crippen molar-refractivity contribution in [3.8, 4) is 0 Å². The van der Waals surface area contributed by atoms with Crippen LogP contribution in [-0.4, -0.2) is 48.6 Å². The first-order valence-electron chi connectivity index (χ1n) is 8.74. The predicted molar refractivity (Wildman–Crippen MR) is 97.7 cm³/mol. The first-order valence-corrected chi connectivity index (χ1v) is 9.54. The molecule has 5 heteroatoms. The minimum atomic E-state index is 0.0312. The molecule has 0 unspecified atom stereocenters. The van der Waals surface area contributed by atoms with E-state index in [-0.39, 0.29) is 6.03 Å². The van der Waals surface area contributed by atoms with E-state index >= 15 is 0 Å². The van der Waals surface area contributed by atoms with Crippen LogP contribution in [0.4, 0.5) is 10.5 Å². The van der Waals surface area contributed by atoms with Crippen LogP contribution in [0.3, 0.4) is 0 Å². The SMILES string of the molecule is O=C(Nc1ccc(Br)cc1)N1CCC(CN2CCCCC2)CC1. The number of urea groups is 1. The normalized spacial score (nSPS) is 20.5. The van der Waals surface area contributed by atoms with Crippen molar-refractivity contribution in [1.82, 2.24) is 9.80 Å². The van der Waals surface area contributed by atoms with E-state index in [9.17, 15) is 4.79 Å².